The molecule has 0 N–H and O–H groups in total. The lowest BCUT2D eigenvalue weighted by atomic mass is 10.1. The van der Waals surface area contributed by atoms with Crippen molar-refractivity contribution in [1.29, 1.82) is 0 Å². The maximum Gasteiger partial charge on any atom is 0.409 e. The number of amides is 2. The molecule has 1 fully saturated rings. The molecular formula is C16H22N2O4. The second-order valence-corrected chi connectivity index (χ2v) is 5.13. The van der Waals surface area contributed by atoms with E-state index in [4.69, 9.17) is 9.47 Å². The average molecular weight is 306 g/mol. The second-order valence-electron chi connectivity index (χ2n) is 5.13. The highest BCUT2D eigenvalue weighted by molar-refractivity contribution is 5.94. The van der Waals surface area contributed by atoms with Gasteiger partial charge in [-0.3, -0.25) is 4.79 Å². The molecule has 0 saturated carbocycles. The van der Waals surface area contributed by atoms with Crippen molar-refractivity contribution in [2.24, 2.45) is 0 Å². The first-order chi connectivity index (χ1) is 10.6. The summed E-state index contributed by atoms with van der Waals surface area (Å²) in [4.78, 5) is 27.4. The highest BCUT2D eigenvalue weighted by Gasteiger charge is 2.25. The molecule has 120 valence electrons. The summed E-state index contributed by atoms with van der Waals surface area (Å²) in [6.07, 6.45) is 0.463. The van der Waals surface area contributed by atoms with Gasteiger partial charge in [-0.15, -0.1) is 0 Å². The zero-order valence-corrected chi connectivity index (χ0v) is 13.3. The molecule has 1 aliphatic rings. The van der Waals surface area contributed by atoms with E-state index in [1.54, 1.807) is 23.0 Å². The third kappa shape index (κ3) is 3.32. The van der Waals surface area contributed by atoms with E-state index >= 15 is 0 Å². The number of methoxy groups -OCH3 is 2. The third-order valence-electron chi connectivity index (χ3n) is 3.91. The Kier molecular flexibility index (Phi) is 5.25. The average Bonchev–Trinajstić information content (AvgIpc) is 2.59. The van der Waals surface area contributed by atoms with Crippen molar-refractivity contribution in [3.63, 3.8) is 0 Å². The summed E-state index contributed by atoms with van der Waals surface area (Å²) in [6.45, 7) is 4.05. The van der Waals surface area contributed by atoms with Gasteiger partial charge in [0.1, 0.15) is 5.75 Å². The van der Waals surface area contributed by atoms with Crippen molar-refractivity contribution in [1.82, 2.24) is 9.80 Å². The van der Waals surface area contributed by atoms with Gasteiger partial charge in [-0.1, -0.05) is 6.92 Å². The number of piperazine rings is 1. The van der Waals surface area contributed by atoms with E-state index in [-0.39, 0.29) is 12.0 Å². The third-order valence-corrected chi connectivity index (χ3v) is 3.91. The number of benzene rings is 1. The lowest BCUT2D eigenvalue weighted by Crippen LogP contribution is -2.50. The van der Waals surface area contributed by atoms with Gasteiger partial charge < -0.3 is 19.3 Å². The first-order valence-electron chi connectivity index (χ1n) is 7.39. The predicted molar refractivity (Wildman–Crippen MR) is 82.3 cm³/mol. The van der Waals surface area contributed by atoms with Crippen LogP contribution in [0.25, 0.3) is 0 Å². The molecular weight excluding hydrogens is 284 g/mol. The molecule has 0 aromatic heterocycles. The van der Waals surface area contributed by atoms with Crippen molar-refractivity contribution in [2.75, 3.05) is 40.4 Å². The SMILES string of the molecule is CCc1cc(C(=O)N2CCN(C(=O)OC)CC2)ccc1OC. The van der Waals surface area contributed by atoms with Crippen molar-refractivity contribution >= 4 is 12.0 Å². The van der Waals surface area contributed by atoms with Crippen molar-refractivity contribution < 1.29 is 19.1 Å². The topological polar surface area (TPSA) is 59.1 Å². The van der Waals surface area contributed by atoms with Crippen LogP contribution in [0.1, 0.15) is 22.8 Å². The fraction of sp³-hybridized carbons (Fsp3) is 0.500. The summed E-state index contributed by atoms with van der Waals surface area (Å²) in [5, 5.41) is 0. The Morgan fingerprint density at radius 1 is 1.09 bits per heavy atom. The van der Waals surface area contributed by atoms with E-state index in [0.29, 0.717) is 31.7 Å². The van der Waals surface area contributed by atoms with E-state index in [1.165, 1.54) is 7.11 Å². The Labute approximate surface area is 130 Å². The van der Waals surface area contributed by atoms with Gasteiger partial charge in [-0.2, -0.15) is 0 Å². The largest absolute Gasteiger partial charge is 0.496 e. The number of hydrogen-bond donors (Lipinski definition) is 0. The molecule has 22 heavy (non-hydrogen) atoms. The standard InChI is InChI=1S/C16H22N2O4/c1-4-12-11-13(5-6-14(12)21-2)15(19)17-7-9-18(10-8-17)16(20)22-3/h5-6,11H,4,7-10H2,1-3H3. The van der Waals surface area contributed by atoms with Gasteiger partial charge in [-0.05, 0) is 30.2 Å². The number of ether oxygens (including phenoxy) is 2. The first kappa shape index (κ1) is 16.1. The van der Waals surface area contributed by atoms with Crippen LogP contribution < -0.4 is 4.74 Å². The zero-order chi connectivity index (χ0) is 16.1. The molecule has 0 atom stereocenters. The molecule has 2 rings (SSSR count). The van der Waals surface area contributed by atoms with Crippen LogP contribution in [0.3, 0.4) is 0 Å². The summed E-state index contributed by atoms with van der Waals surface area (Å²) in [5.74, 6) is 0.788. The van der Waals surface area contributed by atoms with Gasteiger partial charge >= 0.3 is 6.09 Å². The van der Waals surface area contributed by atoms with Crippen LogP contribution in [0.15, 0.2) is 18.2 Å². The first-order valence-corrected chi connectivity index (χ1v) is 7.39. The van der Waals surface area contributed by atoms with Gasteiger partial charge in [0.05, 0.1) is 14.2 Å². The van der Waals surface area contributed by atoms with Gasteiger partial charge in [0.15, 0.2) is 0 Å². The fourth-order valence-electron chi connectivity index (χ4n) is 2.59. The Balaban J connectivity index is 2.05. The molecule has 0 aliphatic carbocycles. The number of aryl methyl sites for hydroxylation is 1. The van der Waals surface area contributed by atoms with E-state index in [1.807, 2.05) is 19.1 Å². The maximum absolute atomic E-state index is 12.6. The smallest absolute Gasteiger partial charge is 0.409 e. The number of nitrogens with zero attached hydrogens (tertiary/aromatic N) is 2. The van der Waals surface area contributed by atoms with E-state index < -0.39 is 0 Å². The number of carbonyl (C=O) groups is 2. The molecule has 1 saturated heterocycles. The molecule has 0 unspecified atom stereocenters. The van der Waals surface area contributed by atoms with Crippen LogP contribution in [0.5, 0.6) is 5.75 Å². The van der Waals surface area contributed by atoms with Crippen LogP contribution in [0.4, 0.5) is 4.79 Å². The Morgan fingerprint density at radius 3 is 2.27 bits per heavy atom. The highest BCUT2D eigenvalue weighted by Crippen LogP contribution is 2.21. The Morgan fingerprint density at radius 2 is 1.73 bits per heavy atom. The molecule has 1 aromatic rings. The maximum atomic E-state index is 12.6. The van der Waals surface area contributed by atoms with E-state index in [2.05, 4.69) is 0 Å². The molecule has 1 aliphatic heterocycles. The molecule has 0 spiro atoms. The lowest BCUT2D eigenvalue weighted by Gasteiger charge is -2.34. The van der Waals surface area contributed by atoms with Crippen molar-refractivity contribution in [2.45, 2.75) is 13.3 Å². The molecule has 6 heteroatoms. The summed E-state index contributed by atoms with van der Waals surface area (Å²) in [6, 6.07) is 5.50. The van der Waals surface area contributed by atoms with E-state index in [0.717, 1.165) is 17.7 Å². The minimum atomic E-state index is -0.343. The van der Waals surface area contributed by atoms with E-state index in [9.17, 15) is 9.59 Å². The quantitative estimate of drug-likeness (QED) is 0.854. The Hall–Kier alpha value is -2.24. The number of rotatable bonds is 3. The van der Waals surface area contributed by atoms with Crippen LogP contribution in [-0.4, -0.2) is 62.2 Å². The summed E-state index contributed by atoms with van der Waals surface area (Å²) in [5.41, 5.74) is 1.67. The number of carbonyl (C=O) groups excluding carboxylic acids is 2. The molecule has 1 aromatic carbocycles. The fourth-order valence-corrected chi connectivity index (χ4v) is 2.59. The van der Waals surface area contributed by atoms with Gasteiger partial charge in [0, 0.05) is 31.7 Å². The monoisotopic (exact) mass is 306 g/mol. The zero-order valence-electron chi connectivity index (χ0n) is 13.3. The van der Waals surface area contributed by atoms with Crippen LogP contribution in [0, 0.1) is 0 Å². The van der Waals surface area contributed by atoms with Gasteiger partial charge in [-0.25, -0.2) is 4.79 Å². The molecule has 6 nitrogen and oxygen atoms in total. The molecule has 2 amide bonds. The second kappa shape index (κ2) is 7.15. The minimum Gasteiger partial charge on any atom is -0.496 e. The summed E-state index contributed by atoms with van der Waals surface area (Å²) in [7, 11) is 2.99. The highest BCUT2D eigenvalue weighted by atomic mass is 16.5. The summed E-state index contributed by atoms with van der Waals surface area (Å²) >= 11 is 0. The van der Waals surface area contributed by atoms with Crippen molar-refractivity contribution in [3.8, 4) is 5.75 Å². The predicted octanol–water partition coefficient (Wildman–Crippen LogP) is 1.78. The van der Waals surface area contributed by atoms with Crippen LogP contribution >= 0.6 is 0 Å². The van der Waals surface area contributed by atoms with Crippen molar-refractivity contribution in [3.05, 3.63) is 29.3 Å². The molecule has 0 bridgehead atoms. The Bertz CT molecular complexity index is 551. The molecule has 0 radical (unpaired) electrons. The number of hydrogen-bond acceptors (Lipinski definition) is 4. The minimum absolute atomic E-state index is 0.0122. The lowest BCUT2D eigenvalue weighted by molar-refractivity contribution is 0.0599. The normalized spacial score (nSPS) is 14.7. The molecule has 1 heterocycles. The van der Waals surface area contributed by atoms with Crippen LogP contribution in [-0.2, 0) is 11.2 Å². The van der Waals surface area contributed by atoms with Crippen LogP contribution in [0.2, 0.25) is 0 Å². The van der Waals surface area contributed by atoms with Gasteiger partial charge in [0.25, 0.3) is 5.91 Å². The summed E-state index contributed by atoms with van der Waals surface area (Å²) < 4.78 is 9.98. The van der Waals surface area contributed by atoms with Gasteiger partial charge in [0.2, 0.25) is 0 Å².